The first-order chi connectivity index (χ1) is 8.31. The summed E-state index contributed by atoms with van der Waals surface area (Å²) in [6, 6.07) is 15.4. The summed E-state index contributed by atoms with van der Waals surface area (Å²) in [5, 5.41) is 12.7. The van der Waals surface area contributed by atoms with Gasteiger partial charge in [0, 0.05) is 5.56 Å². The molecule has 2 aromatic rings. The van der Waals surface area contributed by atoms with Gasteiger partial charge in [-0.1, -0.05) is 36.4 Å². The lowest BCUT2D eigenvalue weighted by molar-refractivity contribution is -0.0189. The fourth-order valence-electron chi connectivity index (χ4n) is 1.47. The molecule has 0 amide bonds. The second-order valence-corrected chi connectivity index (χ2v) is 3.43. The third-order valence-corrected chi connectivity index (χ3v) is 2.29. The number of hydrogen-bond donors (Lipinski definition) is 1. The molecule has 0 fully saturated rings. The Bertz CT molecular complexity index is 499. The zero-order valence-corrected chi connectivity index (χ0v) is 8.98. The van der Waals surface area contributed by atoms with Crippen molar-refractivity contribution in [1.29, 1.82) is 0 Å². The Hall–Kier alpha value is -2.20. The highest BCUT2D eigenvalue weighted by Crippen LogP contribution is 2.27. The molecular weight excluding hydrogens is 218 g/mol. The van der Waals surface area contributed by atoms with Gasteiger partial charge in [0.2, 0.25) is 6.29 Å². The summed E-state index contributed by atoms with van der Waals surface area (Å²) in [4.78, 5) is 10.6. The first-order valence-corrected chi connectivity index (χ1v) is 5.13. The van der Waals surface area contributed by atoms with Gasteiger partial charge in [0.05, 0.1) is 0 Å². The van der Waals surface area contributed by atoms with Crippen LogP contribution in [0.1, 0.15) is 11.9 Å². The Kier molecular flexibility index (Phi) is 3.47. The highest BCUT2D eigenvalue weighted by atomic mass is 16.6. The van der Waals surface area contributed by atoms with Crippen molar-refractivity contribution in [3.8, 4) is 5.75 Å². The fourth-order valence-corrected chi connectivity index (χ4v) is 1.47. The van der Waals surface area contributed by atoms with Gasteiger partial charge in [-0.15, -0.1) is 4.91 Å². The van der Waals surface area contributed by atoms with Crippen LogP contribution in [0, 0.1) is 4.91 Å². The minimum atomic E-state index is -1.20. The zero-order valence-electron chi connectivity index (χ0n) is 8.98. The molecule has 1 unspecified atom stereocenters. The van der Waals surface area contributed by atoms with Crippen molar-refractivity contribution in [2.75, 3.05) is 0 Å². The van der Waals surface area contributed by atoms with Crippen LogP contribution in [-0.4, -0.2) is 5.11 Å². The predicted octanol–water partition coefficient (Wildman–Crippen LogP) is 3.15. The molecule has 2 rings (SSSR count). The van der Waals surface area contributed by atoms with E-state index in [4.69, 9.17) is 4.74 Å². The molecule has 0 saturated heterocycles. The van der Waals surface area contributed by atoms with Crippen molar-refractivity contribution < 1.29 is 9.84 Å². The Morgan fingerprint density at radius 3 is 2.35 bits per heavy atom. The molecule has 0 radical (unpaired) electrons. The number of aliphatic hydroxyl groups excluding tert-OH is 1. The summed E-state index contributed by atoms with van der Waals surface area (Å²) in [7, 11) is 0. The molecule has 0 aliphatic heterocycles. The van der Waals surface area contributed by atoms with Gasteiger partial charge in [-0.3, -0.25) is 0 Å². The average Bonchev–Trinajstić information content (AvgIpc) is 2.40. The smallest absolute Gasteiger partial charge is 0.226 e. The van der Waals surface area contributed by atoms with Crippen LogP contribution in [0.15, 0.2) is 59.8 Å². The predicted molar refractivity (Wildman–Crippen MR) is 63.9 cm³/mol. The molecule has 86 valence electrons. The number of benzene rings is 2. The maximum atomic E-state index is 10.6. The largest absolute Gasteiger partial charge is 0.461 e. The van der Waals surface area contributed by atoms with E-state index in [1.54, 1.807) is 42.5 Å². The third kappa shape index (κ3) is 2.68. The van der Waals surface area contributed by atoms with Gasteiger partial charge in [0.15, 0.2) is 0 Å². The summed E-state index contributed by atoms with van der Waals surface area (Å²) in [5.41, 5.74) is 0.530. The number of hydrogen-bond acceptors (Lipinski definition) is 4. The van der Waals surface area contributed by atoms with Crippen LogP contribution in [0.25, 0.3) is 0 Å². The average molecular weight is 229 g/mol. The number of ether oxygens (including phenoxy) is 1. The van der Waals surface area contributed by atoms with Gasteiger partial charge in [0.25, 0.3) is 0 Å². The van der Waals surface area contributed by atoms with Gasteiger partial charge >= 0.3 is 0 Å². The van der Waals surface area contributed by atoms with Crippen molar-refractivity contribution in [2.45, 2.75) is 6.29 Å². The summed E-state index contributed by atoms with van der Waals surface area (Å²) in [6.45, 7) is 0. The van der Waals surface area contributed by atoms with E-state index in [0.29, 0.717) is 11.3 Å². The number of nitrogens with zero attached hydrogens (tertiary/aromatic N) is 1. The molecule has 0 aliphatic carbocycles. The van der Waals surface area contributed by atoms with Crippen LogP contribution >= 0.6 is 0 Å². The summed E-state index contributed by atoms with van der Waals surface area (Å²) < 4.78 is 5.30. The molecule has 0 aliphatic rings. The van der Waals surface area contributed by atoms with Crippen LogP contribution in [0.2, 0.25) is 0 Å². The van der Waals surface area contributed by atoms with Crippen LogP contribution < -0.4 is 4.74 Å². The van der Waals surface area contributed by atoms with Crippen LogP contribution in [0.5, 0.6) is 5.75 Å². The van der Waals surface area contributed by atoms with Crippen LogP contribution in [0.4, 0.5) is 5.69 Å². The lowest BCUT2D eigenvalue weighted by Gasteiger charge is -2.14. The summed E-state index contributed by atoms with van der Waals surface area (Å²) in [5.74, 6) is 0.528. The molecule has 0 heterocycles. The third-order valence-electron chi connectivity index (χ3n) is 2.29. The molecular formula is C13H11NO3. The maximum absolute atomic E-state index is 10.6. The zero-order chi connectivity index (χ0) is 12.1. The van der Waals surface area contributed by atoms with Gasteiger partial charge in [-0.2, -0.15) is 0 Å². The normalized spacial score (nSPS) is 11.8. The molecule has 0 saturated carbocycles. The van der Waals surface area contributed by atoms with E-state index >= 15 is 0 Å². The quantitative estimate of drug-likeness (QED) is 0.647. The number of rotatable bonds is 4. The first kappa shape index (κ1) is 11.3. The molecule has 1 N–H and O–H groups in total. The number of nitroso groups, excluding NO2 is 1. The molecule has 1 atom stereocenters. The van der Waals surface area contributed by atoms with Crippen molar-refractivity contribution >= 4 is 5.69 Å². The van der Waals surface area contributed by atoms with Gasteiger partial charge in [-0.05, 0) is 23.4 Å². The second kappa shape index (κ2) is 5.23. The minimum absolute atomic E-state index is 0.177. The lowest BCUT2D eigenvalue weighted by atomic mass is 10.2. The highest BCUT2D eigenvalue weighted by Gasteiger charge is 2.13. The Morgan fingerprint density at radius 2 is 1.65 bits per heavy atom. The van der Waals surface area contributed by atoms with Crippen LogP contribution in [-0.2, 0) is 0 Å². The molecule has 4 nitrogen and oxygen atoms in total. The van der Waals surface area contributed by atoms with E-state index in [1.165, 1.54) is 6.07 Å². The molecule has 0 aromatic heterocycles. The van der Waals surface area contributed by atoms with E-state index in [9.17, 15) is 10.0 Å². The van der Waals surface area contributed by atoms with Crippen molar-refractivity contribution in [1.82, 2.24) is 0 Å². The molecule has 4 heteroatoms. The van der Waals surface area contributed by atoms with Crippen LogP contribution in [0.3, 0.4) is 0 Å². The minimum Gasteiger partial charge on any atom is -0.461 e. The second-order valence-electron chi connectivity index (χ2n) is 3.43. The topological polar surface area (TPSA) is 58.9 Å². The van der Waals surface area contributed by atoms with E-state index in [-0.39, 0.29) is 5.69 Å². The van der Waals surface area contributed by atoms with Crippen molar-refractivity contribution in [3.05, 3.63) is 65.1 Å². The Labute approximate surface area is 98.5 Å². The Morgan fingerprint density at radius 1 is 1.00 bits per heavy atom. The highest BCUT2D eigenvalue weighted by molar-refractivity contribution is 5.46. The maximum Gasteiger partial charge on any atom is 0.226 e. The van der Waals surface area contributed by atoms with E-state index in [2.05, 4.69) is 5.18 Å². The SMILES string of the molecule is O=Nc1ccccc1C(O)Oc1ccccc1. The lowest BCUT2D eigenvalue weighted by Crippen LogP contribution is -2.06. The van der Waals surface area contributed by atoms with Crippen molar-refractivity contribution in [2.24, 2.45) is 5.18 Å². The summed E-state index contributed by atoms with van der Waals surface area (Å²) in [6.07, 6.45) is -1.20. The van der Waals surface area contributed by atoms with E-state index in [1.807, 2.05) is 6.07 Å². The van der Waals surface area contributed by atoms with E-state index < -0.39 is 6.29 Å². The number of aliphatic hydroxyl groups is 1. The van der Waals surface area contributed by atoms with Crippen molar-refractivity contribution in [3.63, 3.8) is 0 Å². The first-order valence-electron chi connectivity index (χ1n) is 5.13. The molecule has 17 heavy (non-hydrogen) atoms. The fraction of sp³-hybridized carbons (Fsp3) is 0.0769. The molecule has 2 aromatic carbocycles. The van der Waals surface area contributed by atoms with Gasteiger partial charge in [0.1, 0.15) is 11.4 Å². The monoisotopic (exact) mass is 229 g/mol. The van der Waals surface area contributed by atoms with Gasteiger partial charge < -0.3 is 9.84 Å². The number of para-hydroxylation sites is 1. The Balaban J connectivity index is 2.20. The van der Waals surface area contributed by atoms with E-state index in [0.717, 1.165) is 0 Å². The molecule has 0 bridgehead atoms. The standard InChI is InChI=1S/C13H11NO3/c15-13(17-10-6-2-1-3-7-10)11-8-4-5-9-12(11)14-16/h1-9,13,15H. The van der Waals surface area contributed by atoms with Gasteiger partial charge in [-0.25, -0.2) is 0 Å². The molecule has 0 spiro atoms. The summed E-state index contributed by atoms with van der Waals surface area (Å²) >= 11 is 0.